The normalized spacial score (nSPS) is 33.3. The lowest BCUT2D eigenvalue weighted by Gasteiger charge is -2.40. The number of amides is 1. The maximum atomic E-state index is 12.3. The molecule has 0 aromatic carbocycles. The summed E-state index contributed by atoms with van der Waals surface area (Å²) in [6.45, 7) is 2.42. The minimum absolute atomic E-state index is 0.0350. The predicted octanol–water partition coefficient (Wildman–Crippen LogP) is 0.429. The number of carbonyl (C=O) groups excluding carboxylic acids is 1. The topological polar surface area (TPSA) is 70.2 Å². The van der Waals surface area contributed by atoms with Crippen LogP contribution in [-0.2, 0) is 19.7 Å². The molecule has 3 aliphatic heterocycles. The second-order valence-electron chi connectivity index (χ2n) is 7.13. The first-order valence-corrected chi connectivity index (χ1v) is 9.85. The third-order valence-electron chi connectivity index (χ3n) is 5.24. The molecule has 1 amide bonds. The number of hydrogen-bond donors (Lipinski definition) is 0. The third-order valence-corrected chi connectivity index (χ3v) is 7.13. The molecule has 3 heterocycles. The molecule has 8 heteroatoms. The van der Waals surface area contributed by atoms with E-state index in [9.17, 15) is 13.2 Å². The van der Waals surface area contributed by atoms with Gasteiger partial charge in [-0.2, -0.15) is 17.0 Å². The summed E-state index contributed by atoms with van der Waals surface area (Å²) in [6.07, 6.45) is 5.24. The van der Waals surface area contributed by atoms with Crippen LogP contribution in [0.4, 0.5) is 0 Å². The van der Waals surface area contributed by atoms with Crippen LogP contribution in [0, 0.1) is 0 Å². The zero-order chi connectivity index (χ0) is 16.7. The second kappa shape index (κ2) is 6.31. The highest BCUT2D eigenvalue weighted by atomic mass is 32.2. The van der Waals surface area contributed by atoms with Crippen LogP contribution in [-0.4, -0.2) is 79.8 Å². The molecule has 0 aliphatic carbocycles. The number of hydrogen-bond acceptors (Lipinski definition) is 4. The first-order chi connectivity index (χ1) is 10.8. The van der Waals surface area contributed by atoms with E-state index in [2.05, 4.69) is 0 Å². The van der Waals surface area contributed by atoms with E-state index in [1.54, 1.807) is 14.1 Å². The summed E-state index contributed by atoms with van der Waals surface area (Å²) >= 11 is 0. The molecule has 3 aliphatic rings. The highest BCUT2D eigenvalue weighted by molar-refractivity contribution is 7.86. The van der Waals surface area contributed by atoms with Crippen LogP contribution >= 0.6 is 0 Å². The van der Waals surface area contributed by atoms with Crippen molar-refractivity contribution in [1.29, 1.82) is 0 Å². The van der Waals surface area contributed by atoms with Crippen LogP contribution in [0.25, 0.3) is 0 Å². The molecule has 0 saturated carbocycles. The molecule has 3 rings (SSSR count). The minimum atomic E-state index is -3.38. The molecular weight excluding hydrogens is 318 g/mol. The average Bonchev–Trinajstić information content (AvgIpc) is 3.07. The summed E-state index contributed by atoms with van der Waals surface area (Å²) in [7, 11) is -0.260. The SMILES string of the molecule is CN(C)S(=O)(=O)N1CC[C@@]2(CCC[C@H](CN3CCCC3=O)O2)C1. The van der Waals surface area contributed by atoms with Crippen molar-refractivity contribution in [2.45, 2.75) is 50.2 Å². The lowest BCUT2D eigenvalue weighted by Crippen LogP contribution is -2.48. The van der Waals surface area contributed by atoms with Crippen molar-refractivity contribution in [2.75, 3.05) is 40.3 Å². The highest BCUT2D eigenvalue weighted by Crippen LogP contribution is 2.38. The zero-order valence-corrected chi connectivity index (χ0v) is 14.8. The molecule has 2 atom stereocenters. The summed E-state index contributed by atoms with van der Waals surface area (Å²) in [4.78, 5) is 13.7. The standard InChI is InChI=1S/C15H27N3O4S/c1-16(2)23(20,21)18-10-8-15(12-18)7-3-5-13(22-15)11-17-9-4-6-14(17)19/h13H,3-12H2,1-2H3/t13-,15+/m1/s1. The Morgan fingerprint density at radius 3 is 2.70 bits per heavy atom. The number of rotatable bonds is 4. The van der Waals surface area contributed by atoms with E-state index in [1.807, 2.05) is 4.90 Å². The number of ether oxygens (including phenoxy) is 1. The monoisotopic (exact) mass is 345 g/mol. The number of likely N-dealkylation sites (tertiary alicyclic amines) is 1. The Labute approximate surface area is 138 Å². The van der Waals surface area contributed by atoms with Gasteiger partial charge in [0.15, 0.2) is 0 Å². The maximum Gasteiger partial charge on any atom is 0.281 e. The molecule has 3 fully saturated rings. The van der Waals surface area contributed by atoms with Crippen LogP contribution in [0.15, 0.2) is 0 Å². The summed E-state index contributed by atoms with van der Waals surface area (Å²) in [5.74, 6) is 0.219. The average molecular weight is 345 g/mol. The van der Waals surface area contributed by atoms with Gasteiger partial charge in [-0.15, -0.1) is 0 Å². The molecule has 23 heavy (non-hydrogen) atoms. The van der Waals surface area contributed by atoms with E-state index in [4.69, 9.17) is 4.74 Å². The number of nitrogens with zero attached hydrogens (tertiary/aromatic N) is 3. The number of carbonyl (C=O) groups is 1. The molecule has 0 aromatic heterocycles. The zero-order valence-electron chi connectivity index (χ0n) is 14.0. The fourth-order valence-electron chi connectivity index (χ4n) is 3.93. The van der Waals surface area contributed by atoms with Crippen LogP contribution in [0.2, 0.25) is 0 Å². The van der Waals surface area contributed by atoms with Crippen molar-refractivity contribution >= 4 is 16.1 Å². The lowest BCUT2D eigenvalue weighted by atomic mass is 9.90. The van der Waals surface area contributed by atoms with Gasteiger partial charge in [-0.1, -0.05) is 0 Å². The van der Waals surface area contributed by atoms with Gasteiger partial charge in [-0.3, -0.25) is 4.79 Å². The summed E-state index contributed by atoms with van der Waals surface area (Å²) < 4.78 is 33.7. The van der Waals surface area contributed by atoms with Crippen molar-refractivity contribution in [3.63, 3.8) is 0 Å². The van der Waals surface area contributed by atoms with E-state index >= 15 is 0 Å². The van der Waals surface area contributed by atoms with E-state index in [0.29, 0.717) is 26.1 Å². The Bertz CT molecular complexity index is 565. The van der Waals surface area contributed by atoms with Gasteiger partial charge < -0.3 is 9.64 Å². The molecule has 0 bridgehead atoms. The van der Waals surface area contributed by atoms with Gasteiger partial charge in [0.1, 0.15) is 0 Å². The quantitative estimate of drug-likeness (QED) is 0.741. The summed E-state index contributed by atoms with van der Waals surface area (Å²) in [5.41, 5.74) is -0.366. The van der Waals surface area contributed by atoms with Crippen LogP contribution < -0.4 is 0 Å². The summed E-state index contributed by atoms with van der Waals surface area (Å²) in [5, 5.41) is 0. The maximum absolute atomic E-state index is 12.3. The van der Waals surface area contributed by atoms with Crippen molar-refractivity contribution in [3.8, 4) is 0 Å². The minimum Gasteiger partial charge on any atom is -0.369 e. The second-order valence-corrected chi connectivity index (χ2v) is 9.27. The van der Waals surface area contributed by atoms with Gasteiger partial charge in [0.25, 0.3) is 10.2 Å². The first kappa shape index (κ1) is 17.1. The van der Waals surface area contributed by atoms with Crippen LogP contribution in [0.3, 0.4) is 0 Å². The van der Waals surface area contributed by atoms with Gasteiger partial charge >= 0.3 is 0 Å². The van der Waals surface area contributed by atoms with Crippen LogP contribution in [0.1, 0.15) is 38.5 Å². The Morgan fingerprint density at radius 2 is 2.04 bits per heavy atom. The summed E-state index contributed by atoms with van der Waals surface area (Å²) in [6, 6.07) is 0. The molecule has 1 spiro atoms. The Morgan fingerprint density at radius 1 is 1.26 bits per heavy atom. The van der Waals surface area contributed by atoms with Gasteiger partial charge in [-0.25, -0.2) is 0 Å². The van der Waals surface area contributed by atoms with E-state index < -0.39 is 10.2 Å². The Kier molecular flexibility index (Phi) is 4.70. The van der Waals surface area contributed by atoms with Gasteiger partial charge in [0.05, 0.1) is 11.7 Å². The first-order valence-electron chi connectivity index (χ1n) is 8.46. The van der Waals surface area contributed by atoms with E-state index in [-0.39, 0.29) is 17.6 Å². The fraction of sp³-hybridized carbons (Fsp3) is 0.933. The van der Waals surface area contributed by atoms with Crippen LogP contribution in [0.5, 0.6) is 0 Å². The largest absolute Gasteiger partial charge is 0.369 e. The van der Waals surface area contributed by atoms with Crippen molar-refractivity contribution in [1.82, 2.24) is 13.5 Å². The molecule has 0 aromatic rings. The molecule has 0 unspecified atom stereocenters. The van der Waals surface area contributed by atoms with E-state index in [1.165, 1.54) is 8.61 Å². The van der Waals surface area contributed by atoms with Crippen molar-refractivity contribution in [2.24, 2.45) is 0 Å². The molecule has 132 valence electrons. The Balaban J connectivity index is 1.63. The van der Waals surface area contributed by atoms with Gasteiger partial charge in [-0.05, 0) is 32.1 Å². The molecule has 0 radical (unpaired) electrons. The lowest BCUT2D eigenvalue weighted by molar-refractivity contribution is -0.141. The third kappa shape index (κ3) is 3.40. The molecule has 0 N–H and O–H groups in total. The predicted molar refractivity (Wildman–Crippen MR) is 86.1 cm³/mol. The smallest absolute Gasteiger partial charge is 0.281 e. The van der Waals surface area contributed by atoms with Gasteiger partial charge in [0.2, 0.25) is 5.91 Å². The Hall–Kier alpha value is -0.700. The molecule has 3 saturated heterocycles. The molecular formula is C15H27N3O4S. The highest BCUT2D eigenvalue weighted by Gasteiger charge is 2.47. The fourth-order valence-corrected chi connectivity index (χ4v) is 5.11. The van der Waals surface area contributed by atoms with E-state index in [0.717, 1.165) is 38.6 Å². The molecule has 7 nitrogen and oxygen atoms in total. The van der Waals surface area contributed by atoms with Crippen molar-refractivity contribution in [3.05, 3.63) is 0 Å². The van der Waals surface area contributed by atoms with Gasteiger partial charge in [0, 0.05) is 46.7 Å². The van der Waals surface area contributed by atoms with Crippen molar-refractivity contribution < 1.29 is 17.9 Å².